The molecule has 70 valence electrons. The minimum atomic E-state index is -4.83. The van der Waals surface area contributed by atoms with Crippen molar-refractivity contribution < 1.29 is 23.1 Å². The molecule has 0 spiro atoms. The summed E-state index contributed by atoms with van der Waals surface area (Å²) in [5.41, 5.74) is -1.70. The SMILES string of the molecule is CCC(C(=N)C(F)(F)F)C(=O)O. The zero-order chi connectivity index (χ0) is 9.94. The Balaban J connectivity index is 4.55. The first kappa shape index (κ1) is 10.9. The zero-order valence-corrected chi connectivity index (χ0v) is 6.27. The molecule has 0 aromatic rings. The van der Waals surface area contributed by atoms with Gasteiger partial charge in [-0.15, -0.1) is 0 Å². The summed E-state index contributed by atoms with van der Waals surface area (Å²) in [5.74, 6) is -3.36. The number of hydrogen-bond acceptors (Lipinski definition) is 2. The molecule has 0 aliphatic carbocycles. The van der Waals surface area contributed by atoms with Gasteiger partial charge in [-0.3, -0.25) is 10.2 Å². The van der Waals surface area contributed by atoms with Gasteiger partial charge in [0.15, 0.2) is 0 Å². The summed E-state index contributed by atoms with van der Waals surface area (Å²) in [6, 6.07) is 0. The molecule has 6 heteroatoms. The number of hydrogen-bond donors (Lipinski definition) is 2. The van der Waals surface area contributed by atoms with Gasteiger partial charge in [0.1, 0.15) is 11.6 Å². The molecule has 0 rings (SSSR count). The van der Waals surface area contributed by atoms with Crippen LogP contribution in [0.4, 0.5) is 13.2 Å². The number of alkyl halides is 3. The van der Waals surface area contributed by atoms with Gasteiger partial charge in [0.25, 0.3) is 0 Å². The fourth-order valence-electron chi connectivity index (χ4n) is 0.700. The van der Waals surface area contributed by atoms with Crippen molar-refractivity contribution in [3.8, 4) is 0 Å². The van der Waals surface area contributed by atoms with Crippen LogP contribution in [-0.2, 0) is 4.79 Å². The molecule has 0 fully saturated rings. The Kier molecular flexibility index (Phi) is 3.24. The third-order valence-electron chi connectivity index (χ3n) is 1.36. The van der Waals surface area contributed by atoms with Crippen LogP contribution in [0.15, 0.2) is 0 Å². The van der Waals surface area contributed by atoms with Gasteiger partial charge in [0, 0.05) is 0 Å². The molecule has 0 aromatic carbocycles. The predicted octanol–water partition coefficient (Wildman–Crippen LogP) is 1.68. The van der Waals surface area contributed by atoms with Crippen molar-refractivity contribution in [2.45, 2.75) is 19.5 Å². The van der Waals surface area contributed by atoms with Crippen LogP contribution >= 0.6 is 0 Å². The molecule has 0 amide bonds. The van der Waals surface area contributed by atoms with E-state index >= 15 is 0 Å². The van der Waals surface area contributed by atoms with Crippen molar-refractivity contribution in [1.29, 1.82) is 5.41 Å². The number of carbonyl (C=O) groups is 1. The lowest BCUT2D eigenvalue weighted by Gasteiger charge is -2.13. The predicted molar refractivity (Wildman–Crippen MR) is 35.2 cm³/mol. The van der Waals surface area contributed by atoms with E-state index in [9.17, 15) is 18.0 Å². The Morgan fingerprint density at radius 3 is 2.08 bits per heavy atom. The third kappa shape index (κ3) is 2.52. The fourth-order valence-corrected chi connectivity index (χ4v) is 0.700. The van der Waals surface area contributed by atoms with Crippen LogP contribution in [0.5, 0.6) is 0 Å². The van der Waals surface area contributed by atoms with Crippen LogP contribution in [0, 0.1) is 11.3 Å². The van der Waals surface area contributed by atoms with E-state index in [4.69, 9.17) is 10.5 Å². The highest BCUT2D eigenvalue weighted by molar-refractivity contribution is 6.02. The lowest BCUT2D eigenvalue weighted by molar-refractivity contribution is -0.141. The molecular formula is C6H8F3NO2. The van der Waals surface area contributed by atoms with Crippen molar-refractivity contribution in [2.75, 3.05) is 0 Å². The first-order valence-corrected chi connectivity index (χ1v) is 3.19. The monoisotopic (exact) mass is 183 g/mol. The van der Waals surface area contributed by atoms with Crippen LogP contribution in [0.3, 0.4) is 0 Å². The molecule has 0 heterocycles. The van der Waals surface area contributed by atoms with E-state index in [1.807, 2.05) is 0 Å². The lowest BCUT2D eigenvalue weighted by Crippen LogP contribution is -2.34. The maximum Gasteiger partial charge on any atom is 0.429 e. The van der Waals surface area contributed by atoms with Gasteiger partial charge in [0.2, 0.25) is 0 Å². The van der Waals surface area contributed by atoms with E-state index in [2.05, 4.69) is 0 Å². The zero-order valence-electron chi connectivity index (χ0n) is 6.27. The van der Waals surface area contributed by atoms with Crippen LogP contribution in [-0.4, -0.2) is 23.0 Å². The number of carboxylic acid groups (broad SMARTS) is 1. The van der Waals surface area contributed by atoms with Crippen molar-refractivity contribution in [3.05, 3.63) is 0 Å². The standard InChI is InChI=1S/C6H8F3NO2/c1-2-3(5(11)12)4(10)6(7,8)9/h3,10H,2H2,1H3,(H,11,12). The Hall–Kier alpha value is -1.07. The summed E-state index contributed by atoms with van der Waals surface area (Å²) in [6.45, 7) is 1.29. The number of aliphatic carboxylic acids is 1. The molecule has 1 atom stereocenters. The van der Waals surface area contributed by atoms with Crippen molar-refractivity contribution in [2.24, 2.45) is 5.92 Å². The summed E-state index contributed by atoms with van der Waals surface area (Å²) in [6.07, 6.45) is -5.06. The topological polar surface area (TPSA) is 61.2 Å². The molecule has 2 N–H and O–H groups in total. The maximum atomic E-state index is 11.8. The Bertz CT molecular complexity index is 199. The molecule has 0 aromatic heterocycles. The Morgan fingerprint density at radius 1 is 1.58 bits per heavy atom. The molecule has 0 radical (unpaired) electrons. The van der Waals surface area contributed by atoms with Gasteiger partial charge < -0.3 is 5.11 Å². The number of rotatable bonds is 3. The molecule has 0 saturated carbocycles. The van der Waals surface area contributed by atoms with Crippen LogP contribution in [0.2, 0.25) is 0 Å². The first-order chi connectivity index (χ1) is 5.30. The van der Waals surface area contributed by atoms with Gasteiger partial charge in [-0.05, 0) is 6.42 Å². The Labute approximate surface area is 66.7 Å². The maximum absolute atomic E-state index is 11.8. The molecule has 1 unspecified atom stereocenters. The largest absolute Gasteiger partial charge is 0.481 e. The van der Waals surface area contributed by atoms with E-state index in [1.165, 1.54) is 6.92 Å². The van der Waals surface area contributed by atoms with Crippen molar-refractivity contribution in [1.82, 2.24) is 0 Å². The van der Waals surface area contributed by atoms with E-state index in [0.717, 1.165) is 0 Å². The number of carboxylic acids is 1. The third-order valence-corrected chi connectivity index (χ3v) is 1.36. The van der Waals surface area contributed by atoms with Crippen molar-refractivity contribution in [3.63, 3.8) is 0 Å². The second-order valence-electron chi connectivity index (χ2n) is 2.21. The van der Waals surface area contributed by atoms with Gasteiger partial charge in [-0.2, -0.15) is 13.2 Å². The molecule has 0 bridgehead atoms. The van der Waals surface area contributed by atoms with Crippen molar-refractivity contribution >= 4 is 11.7 Å². The molecule has 0 aliphatic rings. The quantitative estimate of drug-likeness (QED) is 0.654. The minimum Gasteiger partial charge on any atom is -0.481 e. The normalized spacial score (nSPS) is 14.0. The highest BCUT2D eigenvalue weighted by atomic mass is 19.4. The van der Waals surface area contributed by atoms with Crippen LogP contribution in [0.1, 0.15) is 13.3 Å². The number of halogens is 3. The molecule has 3 nitrogen and oxygen atoms in total. The summed E-state index contributed by atoms with van der Waals surface area (Å²) in [5, 5.41) is 14.8. The highest BCUT2D eigenvalue weighted by Gasteiger charge is 2.41. The van der Waals surface area contributed by atoms with E-state index in [1.54, 1.807) is 0 Å². The smallest absolute Gasteiger partial charge is 0.429 e. The summed E-state index contributed by atoms with van der Waals surface area (Å²) < 4.78 is 35.3. The summed E-state index contributed by atoms with van der Waals surface area (Å²) in [7, 11) is 0. The van der Waals surface area contributed by atoms with E-state index < -0.39 is 23.8 Å². The van der Waals surface area contributed by atoms with Gasteiger partial charge in [-0.25, -0.2) is 0 Å². The lowest BCUT2D eigenvalue weighted by atomic mass is 10.0. The number of nitrogens with one attached hydrogen (secondary N) is 1. The van der Waals surface area contributed by atoms with Gasteiger partial charge in [-0.1, -0.05) is 6.92 Å². The summed E-state index contributed by atoms with van der Waals surface area (Å²) in [4.78, 5) is 10.2. The fraction of sp³-hybridized carbons (Fsp3) is 0.667. The van der Waals surface area contributed by atoms with Crippen LogP contribution in [0.25, 0.3) is 0 Å². The molecule has 0 aliphatic heterocycles. The van der Waals surface area contributed by atoms with Crippen LogP contribution < -0.4 is 0 Å². The van der Waals surface area contributed by atoms with Gasteiger partial charge >= 0.3 is 12.1 Å². The Morgan fingerprint density at radius 2 is 2.00 bits per heavy atom. The van der Waals surface area contributed by atoms with E-state index in [0.29, 0.717) is 0 Å². The average molecular weight is 183 g/mol. The molecule has 0 saturated heterocycles. The molecule has 12 heavy (non-hydrogen) atoms. The second kappa shape index (κ2) is 3.55. The summed E-state index contributed by atoms with van der Waals surface area (Å²) >= 11 is 0. The average Bonchev–Trinajstić information content (AvgIpc) is 1.86. The molecular weight excluding hydrogens is 175 g/mol. The second-order valence-corrected chi connectivity index (χ2v) is 2.21. The highest BCUT2D eigenvalue weighted by Crippen LogP contribution is 2.23. The van der Waals surface area contributed by atoms with E-state index in [-0.39, 0.29) is 6.42 Å². The van der Waals surface area contributed by atoms with Gasteiger partial charge in [0.05, 0.1) is 0 Å². The minimum absolute atomic E-state index is 0.228. The first-order valence-electron chi connectivity index (χ1n) is 3.19.